The molecule has 3 unspecified atom stereocenters. The van der Waals surface area contributed by atoms with Crippen LogP contribution in [0.5, 0.6) is 5.75 Å². The maximum Gasteiger partial charge on any atom is 0.267 e. The molecule has 1 aromatic carbocycles. The van der Waals surface area contributed by atoms with Gasteiger partial charge in [-0.1, -0.05) is 26.0 Å². The molecule has 2 aromatic rings. The number of carbonyl (C=O) groups excluding carboxylic acids is 1. The van der Waals surface area contributed by atoms with Crippen LogP contribution in [0.3, 0.4) is 0 Å². The minimum Gasteiger partial charge on any atom is -0.508 e. The number of nitrogens with one attached hydrogen (secondary N) is 2. The number of phenolic OH excluding ortho intramolecular Hbond substituents is 1. The van der Waals surface area contributed by atoms with Gasteiger partial charge in [0.1, 0.15) is 11.4 Å². The fourth-order valence-corrected chi connectivity index (χ4v) is 3.75. The van der Waals surface area contributed by atoms with E-state index in [0.29, 0.717) is 17.5 Å². The SMILES string of the molecule is CC/C=C\CC1C(C)CCC1NC(=O)c1cc2cc(O)ccc2[nH]1. The van der Waals surface area contributed by atoms with Crippen LogP contribution < -0.4 is 5.32 Å². The summed E-state index contributed by atoms with van der Waals surface area (Å²) in [5.41, 5.74) is 1.41. The molecule has 0 radical (unpaired) electrons. The van der Waals surface area contributed by atoms with Gasteiger partial charge in [-0.2, -0.15) is 0 Å². The molecular formula is C20H26N2O2. The summed E-state index contributed by atoms with van der Waals surface area (Å²) in [6, 6.07) is 7.11. The first-order valence-electron chi connectivity index (χ1n) is 8.86. The van der Waals surface area contributed by atoms with Crippen LogP contribution in [0, 0.1) is 11.8 Å². The minimum atomic E-state index is -0.0609. The standard InChI is InChI=1S/C20H26N2O2/c1-3-4-5-6-16-13(2)7-9-18(16)22-20(24)19-12-14-11-15(23)8-10-17(14)21-19/h4-5,8,10-13,16,18,21,23H,3,6-7,9H2,1-2H3,(H,22,24)/b5-4-. The highest BCUT2D eigenvalue weighted by Crippen LogP contribution is 2.34. The van der Waals surface area contributed by atoms with E-state index in [2.05, 4.69) is 36.3 Å². The lowest BCUT2D eigenvalue weighted by Gasteiger charge is -2.22. The molecule has 1 aliphatic rings. The summed E-state index contributed by atoms with van der Waals surface area (Å²) in [6.07, 6.45) is 8.74. The zero-order valence-corrected chi connectivity index (χ0v) is 14.4. The fourth-order valence-electron chi connectivity index (χ4n) is 3.75. The van der Waals surface area contributed by atoms with Gasteiger partial charge < -0.3 is 15.4 Å². The van der Waals surface area contributed by atoms with E-state index in [-0.39, 0.29) is 17.7 Å². The second-order valence-electron chi connectivity index (χ2n) is 6.87. The summed E-state index contributed by atoms with van der Waals surface area (Å²) in [4.78, 5) is 15.8. The molecule has 0 saturated heterocycles. The third-order valence-corrected chi connectivity index (χ3v) is 5.16. The van der Waals surface area contributed by atoms with Crippen molar-refractivity contribution < 1.29 is 9.90 Å². The molecule has 3 rings (SSSR count). The number of aromatic amines is 1. The third-order valence-electron chi connectivity index (χ3n) is 5.16. The van der Waals surface area contributed by atoms with Gasteiger partial charge in [0.05, 0.1) is 0 Å². The average molecular weight is 326 g/mol. The molecule has 1 heterocycles. The van der Waals surface area contributed by atoms with Crippen LogP contribution in [0.15, 0.2) is 36.4 Å². The number of fused-ring (bicyclic) bond motifs is 1. The number of hydrogen-bond acceptors (Lipinski definition) is 2. The summed E-state index contributed by atoms with van der Waals surface area (Å²) in [7, 11) is 0. The molecule has 3 N–H and O–H groups in total. The zero-order valence-electron chi connectivity index (χ0n) is 14.4. The number of H-pyrrole nitrogens is 1. The van der Waals surface area contributed by atoms with Crippen molar-refractivity contribution in [3.05, 3.63) is 42.1 Å². The lowest BCUT2D eigenvalue weighted by Crippen LogP contribution is -2.38. The molecule has 4 nitrogen and oxygen atoms in total. The first-order chi connectivity index (χ1) is 11.6. The Hall–Kier alpha value is -2.23. The summed E-state index contributed by atoms with van der Waals surface area (Å²) >= 11 is 0. The Kier molecular flexibility index (Phi) is 4.93. The first kappa shape index (κ1) is 16.6. The fraction of sp³-hybridized carbons (Fsp3) is 0.450. The lowest BCUT2D eigenvalue weighted by molar-refractivity contribution is 0.0921. The van der Waals surface area contributed by atoms with Gasteiger partial charge in [0, 0.05) is 16.9 Å². The maximum atomic E-state index is 12.6. The number of rotatable bonds is 5. The molecule has 1 amide bonds. The zero-order chi connectivity index (χ0) is 17.1. The van der Waals surface area contributed by atoms with Gasteiger partial charge in [0.15, 0.2) is 0 Å². The second-order valence-corrected chi connectivity index (χ2v) is 6.87. The van der Waals surface area contributed by atoms with Crippen molar-refractivity contribution in [3.8, 4) is 5.75 Å². The predicted octanol–water partition coefficient (Wildman–Crippen LogP) is 4.37. The quantitative estimate of drug-likeness (QED) is 0.714. The van der Waals surface area contributed by atoms with Crippen molar-refractivity contribution in [2.45, 2.75) is 45.6 Å². The Labute approximate surface area is 143 Å². The number of phenols is 1. The number of amides is 1. The lowest BCUT2D eigenvalue weighted by atomic mass is 9.91. The molecule has 1 fully saturated rings. The van der Waals surface area contributed by atoms with Gasteiger partial charge in [-0.15, -0.1) is 0 Å². The molecule has 128 valence electrons. The van der Waals surface area contributed by atoms with Crippen molar-refractivity contribution in [3.63, 3.8) is 0 Å². The van der Waals surface area contributed by atoms with Crippen LogP contribution >= 0.6 is 0 Å². The summed E-state index contributed by atoms with van der Waals surface area (Å²) in [5, 5.41) is 13.6. The number of carbonyl (C=O) groups is 1. The van der Waals surface area contributed by atoms with Gasteiger partial charge in [-0.25, -0.2) is 0 Å². The Morgan fingerprint density at radius 1 is 1.33 bits per heavy atom. The van der Waals surface area contributed by atoms with E-state index in [0.717, 1.165) is 36.6 Å². The van der Waals surface area contributed by atoms with Crippen LogP contribution in [0.25, 0.3) is 10.9 Å². The third kappa shape index (κ3) is 3.48. The van der Waals surface area contributed by atoms with Crippen LogP contribution in [-0.4, -0.2) is 22.0 Å². The van der Waals surface area contributed by atoms with Crippen LogP contribution in [0.4, 0.5) is 0 Å². The molecule has 0 aliphatic heterocycles. The largest absolute Gasteiger partial charge is 0.508 e. The molecular weight excluding hydrogens is 300 g/mol. The highest BCUT2D eigenvalue weighted by molar-refractivity contribution is 5.98. The van der Waals surface area contributed by atoms with E-state index < -0.39 is 0 Å². The minimum absolute atomic E-state index is 0.0609. The van der Waals surface area contributed by atoms with E-state index in [9.17, 15) is 9.90 Å². The smallest absolute Gasteiger partial charge is 0.267 e. The van der Waals surface area contributed by atoms with E-state index in [1.807, 2.05) is 0 Å². The van der Waals surface area contributed by atoms with E-state index in [4.69, 9.17) is 0 Å². The monoisotopic (exact) mass is 326 g/mol. The van der Waals surface area contributed by atoms with E-state index in [1.165, 1.54) is 0 Å². The normalized spacial score (nSPS) is 24.0. The Bertz CT molecular complexity index is 747. The van der Waals surface area contributed by atoms with Crippen molar-refractivity contribution >= 4 is 16.8 Å². The van der Waals surface area contributed by atoms with Gasteiger partial charge >= 0.3 is 0 Å². The van der Waals surface area contributed by atoms with Crippen molar-refractivity contribution in [1.82, 2.24) is 10.3 Å². The molecule has 3 atom stereocenters. The summed E-state index contributed by atoms with van der Waals surface area (Å²) < 4.78 is 0. The Morgan fingerprint density at radius 3 is 2.96 bits per heavy atom. The van der Waals surface area contributed by atoms with E-state index >= 15 is 0 Å². The van der Waals surface area contributed by atoms with Crippen molar-refractivity contribution in [2.75, 3.05) is 0 Å². The molecule has 0 bridgehead atoms. The van der Waals surface area contributed by atoms with Crippen LogP contribution in [0.2, 0.25) is 0 Å². The molecule has 1 aromatic heterocycles. The van der Waals surface area contributed by atoms with Crippen LogP contribution in [-0.2, 0) is 0 Å². The summed E-state index contributed by atoms with van der Waals surface area (Å²) in [5.74, 6) is 1.29. The number of hydrogen-bond donors (Lipinski definition) is 3. The molecule has 1 saturated carbocycles. The van der Waals surface area contributed by atoms with E-state index in [1.54, 1.807) is 24.3 Å². The molecule has 0 spiro atoms. The van der Waals surface area contributed by atoms with Crippen molar-refractivity contribution in [2.24, 2.45) is 11.8 Å². The van der Waals surface area contributed by atoms with Crippen molar-refractivity contribution in [1.29, 1.82) is 0 Å². The second kappa shape index (κ2) is 7.12. The predicted molar refractivity (Wildman–Crippen MR) is 97.2 cm³/mol. The van der Waals surface area contributed by atoms with Gasteiger partial charge in [0.25, 0.3) is 5.91 Å². The van der Waals surface area contributed by atoms with Gasteiger partial charge in [-0.05, 0) is 61.8 Å². The Morgan fingerprint density at radius 2 is 2.17 bits per heavy atom. The molecule has 1 aliphatic carbocycles. The van der Waals surface area contributed by atoms with Gasteiger partial charge in [0.2, 0.25) is 0 Å². The summed E-state index contributed by atoms with van der Waals surface area (Å²) in [6.45, 7) is 4.42. The number of benzene rings is 1. The Balaban J connectivity index is 1.71. The number of aromatic hydroxyl groups is 1. The van der Waals surface area contributed by atoms with Crippen LogP contribution in [0.1, 0.15) is 50.0 Å². The molecule has 4 heteroatoms. The highest BCUT2D eigenvalue weighted by atomic mass is 16.3. The number of aromatic nitrogens is 1. The first-order valence-corrected chi connectivity index (χ1v) is 8.86. The highest BCUT2D eigenvalue weighted by Gasteiger charge is 2.33. The topological polar surface area (TPSA) is 65.1 Å². The average Bonchev–Trinajstić information content (AvgIpc) is 3.12. The number of allylic oxidation sites excluding steroid dienone is 2. The van der Waals surface area contributed by atoms with Gasteiger partial charge in [-0.3, -0.25) is 4.79 Å². The maximum absolute atomic E-state index is 12.6. The molecule has 24 heavy (non-hydrogen) atoms.